The van der Waals surface area contributed by atoms with Crippen LogP contribution in [0.3, 0.4) is 0 Å². The van der Waals surface area contributed by atoms with Crippen molar-refractivity contribution in [3.63, 3.8) is 0 Å². The molecule has 1 aromatic carbocycles. The number of likely N-dealkylation sites (tertiary alicyclic amines) is 2. The van der Waals surface area contributed by atoms with Crippen molar-refractivity contribution >= 4 is 23.2 Å². The molecule has 2 N–H and O–H groups in total. The van der Waals surface area contributed by atoms with Crippen LogP contribution in [-0.4, -0.2) is 65.1 Å². The molecule has 0 aliphatic carbocycles. The number of nitrogens with zero attached hydrogens (tertiary/aromatic N) is 4. The van der Waals surface area contributed by atoms with Crippen LogP contribution < -0.4 is 15.5 Å². The van der Waals surface area contributed by atoms with Crippen molar-refractivity contribution in [2.75, 3.05) is 36.4 Å². The molecule has 2 aromatic rings. The summed E-state index contributed by atoms with van der Waals surface area (Å²) in [6.07, 6.45) is 6.44. The Kier molecular flexibility index (Phi) is 7.70. The summed E-state index contributed by atoms with van der Waals surface area (Å²) in [6, 6.07) is 8.23. The van der Waals surface area contributed by atoms with E-state index in [1.807, 2.05) is 30.9 Å². The highest BCUT2D eigenvalue weighted by Crippen LogP contribution is 2.41. The molecule has 0 spiro atoms. The minimum Gasteiger partial charge on any atom is -0.347 e. The van der Waals surface area contributed by atoms with Gasteiger partial charge in [-0.15, -0.1) is 0 Å². The molecule has 4 heterocycles. The van der Waals surface area contributed by atoms with Crippen LogP contribution in [0.4, 0.5) is 11.4 Å². The van der Waals surface area contributed by atoms with E-state index in [0.717, 1.165) is 68.2 Å². The Morgan fingerprint density at radius 3 is 2.47 bits per heavy atom. The van der Waals surface area contributed by atoms with Gasteiger partial charge in [0.15, 0.2) is 6.29 Å². The van der Waals surface area contributed by atoms with Gasteiger partial charge in [-0.1, -0.05) is 12.6 Å². The Bertz CT molecular complexity index is 1200. The minimum atomic E-state index is -0.421. The van der Waals surface area contributed by atoms with Gasteiger partial charge in [0, 0.05) is 36.6 Å². The average Bonchev–Trinajstić information content (AvgIpc) is 3.44. The lowest BCUT2D eigenvalue weighted by Crippen LogP contribution is -2.56. The van der Waals surface area contributed by atoms with Crippen molar-refractivity contribution in [1.29, 1.82) is 0 Å². The van der Waals surface area contributed by atoms with Gasteiger partial charge in [0.05, 0.1) is 17.4 Å². The lowest BCUT2D eigenvalue weighted by molar-refractivity contribution is -0.126. The average molecular weight is 517 g/mol. The fraction of sp³-hybridized carbons (Fsp3) is 0.500. The molecule has 2 atom stereocenters. The topological polar surface area (TPSA) is 80.8 Å². The predicted molar refractivity (Wildman–Crippen MR) is 151 cm³/mol. The van der Waals surface area contributed by atoms with Gasteiger partial charge < -0.3 is 20.4 Å². The molecular weight excluding hydrogens is 476 g/mol. The molecule has 38 heavy (non-hydrogen) atoms. The number of benzene rings is 1. The lowest BCUT2D eigenvalue weighted by Gasteiger charge is -2.37. The molecule has 2 saturated heterocycles. The summed E-state index contributed by atoms with van der Waals surface area (Å²) in [5.41, 5.74) is 6.86. The van der Waals surface area contributed by atoms with E-state index in [1.54, 1.807) is 0 Å². The van der Waals surface area contributed by atoms with Crippen LogP contribution in [0.2, 0.25) is 0 Å². The molecule has 3 aliphatic heterocycles. The lowest BCUT2D eigenvalue weighted by atomic mass is 10.0. The molecule has 2 amide bonds. The number of aryl methyl sites for hydroxylation is 3. The van der Waals surface area contributed by atoms with Crippen molar-refractivity contribution in [3.8, 4) is 0 Å². The standard InChI is InChI=1S/C30H40N6O2/c1-5-27(37)35-13-7-6-10-25(19-35)36-28-20(2)14-23(18-34-11-8-9-12-34)17-26(28)32-30(36)33-29(38)24-15-21(3)31-22(4)16-24/h5,14-17,25,30,32H,1,6-13,18-19H2,2-4H3,(H,33,38)/t25-,30?/m1/s1. The van der Waals surface area contributed by atoms with Gasteiger partial charge in [-0.05, 0) is 101 Å². The largest absolute Gasteiger partial charge is 0.347 e. The predicted octanol–water partition coefficient (Wildman–Crippen LogP) is 4.12. The number of fused-ring (bicyclic) bond motifs is 1. The van der Waals surface area contributed by atoms with Gasteiger partial charge >= 0.3 is 0 Å². The summed E-state index contributed by atoms with van der Waals surface area (Å²) in [5, 5.41) is 6.89. The molecule has 202 valence electrons. The van der Waals surface area contributed by atoms with E-state index in [0.29, 0.717) is 12.1 Å². The maximum absolute atomic E-state index is 13.5. The molecular formula is C30H40N6O2. The van der Waals surface area contributed by atoms with Gasteiger partial charge in [-0.2, -0.15) is 0 Å². The quantitative estimate of drug-likeness (QED) is 0.563. The molecule has 5 rings (SSSR count). The maximum Gasteiger partial charge on any atom is 0.254 e. The Labute approximate surface area is 226 Å². The van der Waals surface area contributed by atoms with Crippen LogP contribution in [0.1, 0.15) is 65.0 Å². The van der Waals surface area contributed by atoms with Gasteiger partial charge in [0.2, 0.25) is 5.91 Å². The van der Waals surface area contributed by atoms with Gasteiger partial charge in [-0.3, -0.25) is 19.5 Å². The van der Waals surface area contributed by atoms with E-state index in [-0.39, 0.29) is 17.9 Å². The highest BCUT2D eigenvalue weighted by Gasteiger charge is 2.38. The van der Waals surface area contributed by atoms with Crippen LogP contribution in [0.5, 0.6) is 0 Å². The van der Waals surface area contributed by atoms with Gasteiger partial charge in [0.1, 0.15) is 0 Å². The third kappa shape index (κ3) is 5.55. The number of aromatic nitrogens is 1. The summed E-state index contributed by atoms with van der Waals surface area (Å²) < 4.78 is 0. The monoisotopic (exact) mass is 516 g/mol. The molecule has 0 saturated carbocycles. The van der Waals surface area contributed by atoms with Crippen LogP contribution in [0.15, 0.2) is 36.9 Å². The summed E-state index contributed by atoms with van der Waals surface area (Å²) in [4.78, 5) is 37.2. The molecule has 2 fully saturated rings. The third-order valence-electron chi connectivity index (χ3n) is 7.93. The van der Waals surface area contributed by atoms with Crippen molar-refractivity contribution in [3.05, 3.63) is 65.0 Å². The summed E-state index contributed by atoms with van der Waals surface area (Å²) in [7, 11) is 0. The Hall–Kier alpha value is -3.39. The summed E-state index contributed by atoms with van der Waals surface area (Å²) >= 11 is 0. The van der Waals surface area contributed by atoms with E-state index in [1.165, 1.54) is 30.0 Å². The smallest absolute Gasteiger partial charge is 0.254 e. The normalized spacial score (nSPS) is 21.6. The zero-order chi connectivity index (χ0) is 26.8. The molecule has 1 aromatic heterocycles. The first-order valence-corrected chi connectivity index (χ1v) is 13.9. The van der Waals surface area contributed by atoms with E-state index in [4.69, 9.17) is 0 Å². The Morgan fingerprint density at radius 2 is 1.76 bits per heavy atom. The number of hydrogen-bond donors (Lipinski definition) is 2. The van der Waals surface area contributed by atoms with Crippen molar-refractivity contribution < 1.29 is 9.59 Å². The number of carbonyl (C=O) groups is 2. The van der Waals surface area contributed by atoms with Crippen LogP contribution >= 0.6 is 0 Å². The summed E-state index contributed by atoms with van der Waals surface area (Å²) in [5.74, 6) is -0.179. The second-order valence-electron chi connectivity index (χ2n) is 11.0. The van der Waals surface area contributed by atoms with Crippen LogP contribution in [0, 0.1) is 20.8 Å². The summed E-state index contributed by atoms with van der Waals surface area (Å²) in [6.45, 7) is 14.2. The van der Waals surface area contributed by atoms with E-state index >= 15 is 0 Å². The fourth-order valence-corrected chi connectivity index (χ4v) is 6.29. The fourth-order valence-electron chi connectivity index (χ4n) is 6.29. The zero-order valence-electron chi connectivity index (χ0n) is 22.9. The Morgan fingerprint density at radius 1 is 1.05 bits per heavy atom. The highest BCUT2D eigenvalue weighted by molar-refractivity contribution is 5.95. The first kappa shape index (κ1) is 26.2. The first-order valence-electron chi connectivity index (χ1n) is 13.9. The number of hydrogen-bond acceptors (Lipinski definition) is 6. The molecule has 1 unspecified atom stereocenters. The SMILES string of the molecule is C=CC(=O)N1CCCC[C@@H](N2c3c(C)cc(CN4CCCC4)cc3NC2NC(=O)c2cc(C)nc(C)c2)C1. The second-order valence-corrected chi connectivity index (χ2v) is 11.0. The zero-order valence-corrected chi connectivity index (χ0v) is 22.9. The number of rotatable bonds is 6. The van der Waals surface area contributed by atoms with Crippen molar-refractivity contribution in [2.24, 2.45) is 0 Å². The van der Waals surface area contributed by atoms with Crippen LogP contribution in [-0.2, 0) is 11.3 Å². The third-order valence-corrected chi connectivity index (χ3v) is 7.93. The highest BCUT2D eigenvalue weighted by atomic mass is 16.2. The number of nitrogens with one attached hydrogen (secondary N) is 2. The van der Waals surface area contributed by atoms with Gasteiger partial charge in [0.25, 0.3) is 5.91 Å². The molecule has 3 aliphatic rings. The minimum absolute atomic E-state index is 0.0368. The molecule has 0 bridgehead atoms. The van der Waals surface area contributed by atoms with Crippen LogP contribution in [0.25, 0.3) is 0 Å². The number of anilines is 2. The molecule has 8 nitrogen and oxygen atoms in total. The first-order chi connectivity index (χ1) is 18.3. The number of amides is 2. The number of pyridine rings is 1. The molecule has 8 heteroatoms. The second kappa shape index (κ2) is 11.2. The van der Waals surface area contributed by atoms with Crippen molar-refractivity contribution in [2.45, 2.75) is 71.8 Å². The van der Waals surface area contributed by atoms with E-state index < -0.39 is 6.29 Å². The maximum atomic E-state index is 13.5. The van der Waals surface area contributed by atoms with E-state index in [9.17, 15) is 9.59 Å². The van der Waals surface area contributed by atoms with Crippen molar-refractivity contribution in [1.82, 2.24) is 20.1 Å². The van der Waals surface area contributed by atoms with Gasteiger partial charge in [-0.25, -0.2) is 0 Å². The van der Waals surface area contributed by atoms with E-state index in [2.05, 4.69) is 51.1 Å². The number of carbonyl (C=O) groups excluding carboxylic acids is 2. The molecule has 0 radical (unpaired) electrons. The Balaban J connectivity index is 1.47.